The largest absolute Gasteiger partial charge is 0.472 e. The predicted molar refractivity (Wildman–Crippen MR) is 391 cm³/mol. The Morgan fingerprint density at radius 3 is 0.989 bits per heavy atom. The summed E-state index contributed by atoms with van der Waals surface area (Å²) in [5, 5.41) is 14.0. The van der Waals surface area contributed by atoms with Crippen molar-refractivity contribution >= 4 is 13.7 Å². The molecule has 510 valence electrons. The SMILES string of the molecule is CC/C=C\C/C=C\C/C=C\C/C=C\C/C=C\C/C=C\C/C=C\C/C=C\C/C=C\C/C=C\C/C=C\CCCCCC(=O)NC(COP(=O)(O)OCC[N+](C)(C)C)C(O)/C=C/CCCCCCCCCCCCCCCCCCCCCCCCCCCCCC. The van der Waals surface area contributed by atoms with Crippen LogP contribution < -0.4 is 5.32 Å². The van der Waals surface area contributed by atoms with E-state index >= 15 is 0 Å². The molecule has 0 aliphatic rings. The summed E-state index contributed by atoms with van der Waals surface area (Å²) in [5.41, 5.74) is 0. The fourth-order valence-corrected chi connectivity index (χ4v) is 10.9. The van der Waals surface area contributed by atoms with Gasteiger partial charge < -0.3 is 19.8 Å². The topological polar surface area (TPSA) is 105 Å². The van der Waals surface area contributed by atoms with Crippen molar-refractivity contribution in [1.82, 2.24) is 5.32 Å². The van der Waals surface area contributed by atoms with Gasteiger partial charge in [0.25, 0.3) is 0 Å². The highest BCUT2D eigenvalue weighted by molar-refractivity contribution is 7.47. The Morgan fingerprint density at radius 1 is 0.393 bits per heavy atom. The maximum Gasteiger partial charge on any atom is 0.472 e. The lowest BCUT2D eigenvalue weighted by molar-refractivity contribution is -0.870. The standard InChI is InChI=1S/C80H139N2O6P/c1-6-8-10-12-14-16-18-20-22-24-26-28-30-32-34-36-38-39-40-41-42-43-44-46-48-50-52-54-56-58-60-62-64-66-68-70-72-74-80(84)81-78(77-88-89(85,86)87-76-75-82(3,4)5)79(83)73-71-69-67-65-63-61-59-57-55-53-51-49-47-45-37-35-33-31-29-27-25-23-21-19-17-15-13-11-9-7-2/h8,10,14,16,20,22,26,28,32,34,38-39,41-42,44,46,50,52,56,58,62,64,71,73,78-79,83H,6-7,9,11-13,15,17-19,21,23-25,27,29-31,33,35-37,40,43,45,47-49,51,53-55,57,59-61,63,65-70,72,74-77H2,1-5H3,(H-,81,84,85,86)/p+1/b10-8-,16-14-,22-20-,28-26-,34-32-,39-38-,42-41-,46-44-,52-50-,58-56-,64-62-,73-71+. The second-order valence-corrected chi connectivity index (χ2v) is 27.0. The van der Waals surface area contributed by atoms with Gasteiger partial charge in [0.1, 0.15) is 13.2 Å². The zero-order valence-corrected chi connectivity index (χ0v) is 59.3. The van der Waals surface area contributed by atoms with Crippen molar-refractivity contribution in [3.63, 3.8) is 0 Å². The normalized spacial score (nSPS) is 14.5. The molecule has 89 heavy (non-hydrogen) atoms. The molecule has 0 saturated heterocycles. The number of aliphatic hydroxyl groups excluding tert-OH is 1. The number of nitrogens with one attached hydrogen (secondary N) is 1. The van der Waals surface area contributed by atoms with Crippen LogP contribution in [-0.4, -0.2) is 73.4 Å². The molecular formula is C80H140N2O6P+. The summed E-state index contributed by atoms with van der Waals surface area (Å²) < 4.78 is 23.8. The maximum atomic E-state index is 13.1. The Hall–Kier alpha value is -3.62. The summed E-state index contributed by atoms with van der Waals surface area (Å²) in [6, 6.07) is -0.878. The smallest absolute Gasteiger partial charge is 0.387 e. The molecule has 0 fully saturated rings. The Bertz CT molecular complexity index is 1960. The molecule has 0 spiro atoms. The van der Waals surface area contributed by atoms with Gasteiger partial charge in [-0.2, -0.15) is 0 Å². The van der Waals surface area contributed by atoms with Gasteiger partial charge in [0.05, 0.1) is 39.9 Å². The van der Waals surface area contributed by atoms with E-state index in [1.54, 1.807) is 6.08 Å². The molecule has 3 atom stereocenters. The molecular weight excluding hydrogens is 1120 g/mol. The van der Waals surface area contributed by atoms with Gasteiger partial charge in [0, 0.05) is 6.42 Å². The van der Waals surface area contributed by atoms with E-state index in [0.717, 1.165) is 109 Å². The average molecular weight is 1260 g/mol. The lowest BCUT2D eigenvalue weighted by Crippen LogP contribution is -2.45. The van der Waals surface area contributed by atoms with Crippen molar-refractivity contribution in [2.24, 2.45) is 0 Å². The van der Waals surface area contributed by atoms with Gasteiger partial charge in [-0.3, -0.25) is 13.8 Å². The molecule has 0 aliphatic heterocycles. The minimum Gasteiger partial charge on any atom is -0.387 e. The number of allylic oxidation sites excluding steroid dienone is 23. The summed E-state index contributed by atoms with van der Waals surface area (Å²) in [7, 11) is 1.54. The van der Waals surface area contributed by atoms with Crippen molar-refractivity contribution in [3.8, 4) is 0 Å². The number of rotatable bonds is 66. The van der Waals surface area contributed by atoms with E-state index in [0.29, 0.717) is 23.9 Å². The van der Waals surface area contributed by atoms with Crippen molar-refractivity contribution in [2.45, 2.75) is 315 Å². The number of carbonyl (C=O) groups is 1. The third-order valence-corrected chi connectivity index (χ3v) is 16.8. The van der Waals surface area contributed by atoms with Crippen LogP contribution in [0.1, 0.15) is 303 Å². The first-order valence-corrected chi connectivity index (χ1v) is 38.2. The molecule has 0 aromatic heterocycles. The number of amides is 1. The molecule has 0 bridgehead atoms. The minimum atomic E-state index is -4.38. The molecule has 8 nitrogen and oxygen atoms in total. The summed E-state index contributed by atoms with van der Waals surface area (Å²) in [6.45, 7) is 4.69. The van der Waals surface area contributed by atoms with Crippen LogP contribution in [0.4, 0.5) is 0 Å². The summed E-state index contributed by atoms with van der Waals surface area (Å²) in [6.07, 6.45) is 106. The number of carbonyl (C=O) groups excluding carboxylic acids is 1. The Kier molecular flexibility index (Phi) is 65.9. The van der Waals surface area contributed by atoms with Crippen LogP contribution in [0.5, 0.6) is 0 Å². The lowest BCUT2D eigenvalue weighted by atomic mass is 10.0. The first-order valence-electron chi connectivity index (χ1n) is 36.7. The van der Waals surface area contributed by atoms with Crippen LogP contribution in [0, 0.1) is 0 Å². The Balaban J connectivity index is 4.20. The van der Waals surface area contributed by atoms with Crippen molar-refractivity contribution in [2.75, 3.05) is 40.9 Å². The predicted octanol–water partition coefficient (Wildman–Crippen LogP) is 23.9. The number of phosphoric acid groups is 1. The summed E-state index contributed by atoms with van der Waals surface area (Å²) in [5.74, 6) is -0.211. The number of nitrogens with zero attached hydrogens (tertiary/aromatic N) is 1. The number of likely N-dealkylation sites (N-methyl/N-ethyl adjacent to an activating group) is 1. The molecule has 0 aromatic carbocycles. The van der Waals surface area contributed by atoms with Gasteiger partial charge >= 0.3 is 7.82 Å². The molecule has 3 N–H and O–H groups in total. The maximum absolute atomic E-state index is 13.1. The monoisotopic (exact) mass is 1260 g/mol. The number of phosphoric ester groups is 1. The van der Waals surface area contributed by atoms with Gasteiger partial charge in [-0.15, -0.1) is 0 Å². The van der Waals surface area contributed by atoms with Gasteiger partial charge in [-0.05, 0) is 103 Å². The van der Waals surface area contributed by atoms with E-state index < -0.39 is 20.0 Å². The summed E-state index contributed by atoms with van der Waals surface area (Å²) in [4.78, 5) is 23.4. The van der Waals surface area contributed by atoms with Crippen LogP contribution in [0.25, 0.3) is 0 Å². The van der Waals surface area contributed by atoms with Crippen LogP contribution >= 0.6 is 7.82 Å². The van der Waals surface area contributed by atoms with E-state index in [-0.39, 0.29) is 19.1 Å². The molecule has 1 amide bonds. The third-order valence-electron chi connectivity index (χ3n) is 15.8. The van der Waals surface area contributed by atoms with Gasteiger partial charge in [0.2, 0.25) is 5.91 Å². The van der Waals surface area contributed by atoms with E-state index in [1.807, 2.05) is 27.2 Å². The molecule has 0 aromatic rings. The molecule has 9 heteroatoms. The van der Waals surface area contributed by atoms with Crippen LogP contribution in [-0.2, 0) is 18.4 Å². The first-order chi connectivity index (χ1) is 43.5. The van der Waals surface area contributed by atoms with Gasteiger partial charge in [0.15, 0.2) is 0 Å². The fraction of sp³-hybridized carbons (Fsp3) is 0.688. The van der Waals surface area contributed by atoms with E-state index in [2.05, 4.69) is 153 Å². The molecule has 0 saturated carbocycles. The van der Waals surface area contributed by atoms with Crippen LogP contribution in [0.2, 0.25) is 0 Å². The van der Waals surface area contributed by atoms with Crippen molar-refractivity contribution in [1.29, 1.82) is 0 Å². The van der Waals surface area contributed by atoms with Gasteiger partial charge in [-0.1, -0.05) is 339 Å². The van der Waals surface area contributed by atoms with E-state index in [9.17, 15) is 19.4 Å². The number of quaternary nitrogens is 1. The number of hydrogen-bond acceptors (Lipinski definition) is 5. The number of hydrogen-bond donors (Lipinski definition) is 3. The highest BCUT2D eigenvalue weighted by Crippen LogP contribution is 2.43. The number of aliphatic hydroxyl groups is 1. The molecule has 0 heterocycles. The molecule has 0 aliphatic carbocycles. The van der Waals surface area contributed by atoms with E-state index in [4.69, 9.17) is 9.05 Å². The van der Waals surface area contributed by atoms with Gasteiger partial charge in [-0.25, -0.2) is 4.57 Å². The Labute approximate surface area is 550 Å². The van der Waals surface area contributed by atoms with Crippen LogP contribution in [0.3, 0.4) is 0 Å². The van der Waals surface area contributed by atoms with Crippen LogP contribution in [0.15, 0.2) is 146 Å². The zero-order valence-electron chi connectivity index (χ0n) is 58.4. The van der Waals surface area contributed by atoms with Crippen molar-refractivity contribution in [3.05, 3.63) is 146 Å². The third kappa shape index (κ3) is 71.7. The highest BCUT2D eigenvalue weighted by atomic mass is 31.2. The second kappa shape index (κ2) is 68.7. The Morgan fingerprint density at radius 2 is 0.674 bits per heavy atom. The minimum absolute atomic E-state index is 0.0474. The highest BCUT2D eigenvalue weighted by Gasteiger charge is 2.28. The van der Waals surface area contributed by atoms with Crippen molar-refractivity contribution < 1.29 is 32.9 Å². The second-order valence-electron chi connectivity index (χ2n) is 25.6. The molecule has 3 unspecified atom stereocenters. The summed E-state index contributed by atoms with van der Waals surface area (Å²) >= 11 is 0. The zero-order chi connectivity index (χ0) is 64.8. The lowest BCUT2D eigenvalue weighted by Gasteiger charge is -2.25. The molecule has 0 rings (SSSR count). The molecule has 0 radical (unpaired) electrons. The van der Waals surface area contributed by atoms with E-state index in [1.165, 1.54) is 167 Å². The first kappa shape index (κ1) is 85.4. The fourth-order valence-electron chi connectivity index (χ4n) is 10.2. The quantitative estimate of drug-likeness (QED) is 0.0243. The average Bonchev–Trinajstić information content (AvgIpc) is 3.57. The number of unbranched alkanes of at least 4 members (excludes halogenated alkanes) is 31.